The Balaban J connectivity index is 3.20. The Hall–Kier alpha value is -2.13. The number of esters is 1. The minimum atomic E-state index is -4.04. The van der Waals surface area contributed by atoms with Crippen LogP contribution in [0.2, 0.25) is 0 Å². The van der Waals surface area contributed by atoms with Crippen molar-refractivity contribution in [3.05, 3.63) is 23.8 Å². The molecule has 0 spiro atoms. The molecule has 110 valence electrons. The fourth-order valence-corrected chi connectivity index (χ4v) is 2.36. The van der Waals surface area contributed by atoms with E-state index in [0.29, 0.717) is 0 Å². The summed E-state index contributed by atoms with van der Waals surface area (Å²) in [6.45, 7) is -0.762. The summed E-state index contributed by atoms with van der Waals surface area (Å²) in [6.07, 6.45) is 0. The lowest BCUT2D eigenvalue weighted by molar-refractivity contribution is -0.135. The average molecular weight is 303 g/mol. The van der Waals surface area contributed by atoms with Crippen LogP contribution in [0.25, 0.3) is 0 Å². The van der Waals surface area contributed by atoms with Gasteiger partial charge in [0.25, 0.3) is 0 Å². The number of carbonyl (C=O) groups excluding carboxylic acids is 1. The number of sulfonamides is 1. The van der Waals surface area contributed by atoms with Gasteiger partial charge in [0.05, 0.1) is 19.1 Å². The van der Waals surface area contributed by atoms with Gasteiger partial charge in [-0.1, -0.05) is 0 Å². The number of hydrogen-bond acceptors (Lipinski definition) is 6. The number of hydrogen-bond donors (Lipinski definition) is 2. The van der Waals surface area contributed by atoms with Crippen molar-refractivity contribution in [3.8, 4) is 5.75 Å². The summed E-state index contributed by atoms with van der Waals surface area (Å²) in [6, 6.07) is 3.52. The van der Waals surface area contributed by atoms with Crippen LogP contribution in [0.4, 0.5) is 0 Å². The Morgan fingerprint density at radius 3 is 2.45 bits per heavy atom. The van der Waals surface area contributed by atoms with Crippen LogP contribution in [0.1, 0.15) is 10.4 Å². The van der Waals surface area contributed by atoms with E-state index in [1.165, 1.54) is 19.2 Å². The molecule has 1 rings (SSSR count). The molecule has 0 radical (unpaired) electrons. The first-order valence-electron chi connectivity index (χ1n) is 5.29. The second-order valence-electron chi connectivity index (χ2n) is 3.57. The molecular formula is C11H13NO7S. The van der Waals surface area contributed by atoms with Crippen LogP contribution in [-0.4, -0.2) is 46.2 Å². The fraction of sp³-hybridized carbons (Fsp3) is 0.273. The minimum Gasteiger partial charge on any atom is -0.496 e. The molecule has 0 aliphatic carbocycles. The van der Waals surface area contributed by atoms with Crippen LogP contribution in [0.3, 0.4) is 0 Å². The molecule has 0 bridgehead atoms. The van der Waals surface area contributed by atoms with Gasteiger partial charge in [0, 0.05) is 0 Å². The normalized spacial score (nSPS) is 10.9. The van der Waals surface area contributed by atoms with Crippen molar-refractivity contribution in [1.29, 1.82) is 0 Å². The molecule has 1 aromatic carbocycles. The third kappa shape index (κ3) is 3.68. The van der Waals surface area contributed by atoms with Crippen LogP contribution in [-0.2, 0) is 19.6 Å². The maximum absolute atomic E-state index is 11.8. The summed E-state index contributed by atoms with van der Waals surface area (Å²) in [5.74, 6) is -1.94. The first-order valence-corrected chi connectivity index (χ1v) is 6.78. The number of rotatable bonds is 6. The summed E-state index contributed by atoms with van der Waals surface area (Å²) >= 11 is 0. The van der Waals surface area contributed by atoms with Crippen molar-refractivity contribution in [2.75, 3.05) is 20.8 Å². The lowest BCUT2D eigenvalue weighted by Gasteiger charge is -2.10. The molecule has 0 aromatic heterocycles. The maximum Gasteiger partial charge on any atom is 0.341 e. The van der Waals surface area contributed by atoms with Crippen LogP contribution in [0.5, 0.6) is 5.75 Å². The van der Waals surface area contributed by atoms with Crippen molar-refractivity contribution >= 4 is 22.0 Å². The molecule has 0 unspecified atom stereocenters. The number of carbonyl (C=O) groups is 2. The van der Waals surface area contributed by atoms with Gasteiger partial charge in [0.15, 0.2) is 0 Å². The van der Waals surface area contributed by atoms with E-state index in [1.54, 1.807) is 0 Å². The molecule has 0 aliphatic heterocycles. The highest BCUT2D eigenvalue weighted by Crippen LogP contribution is 2.23. The summed E-state index contributed by atoms with van der Waals surface area (Å²) < 4.78 is 35.0. The van der Waals surface area contributed by atoms with Gasteiger partial charge in [-0.05, 0) is 18.2 Å². The molecule has 2 N–H and O–H groups in total. The lowest BCUT2D eigenvalue weighted by atomic mass is 10.2. The fourth-order valence-electron chi connectivity index (χ4n) is 1.36. The molecular weight excluding hydrogens is 290 g/mol. The predicted molar refractivity (Wildman–Crippen MR) is 67.2 cm³/mol. The molecule has 0 heterocycles. The quantitative estimate of drug-likeness (QED) is 0.701. The molecule has 0 fully saturated rings. The Kier molecular flexibility index (Phi) is 5.06. The lowest BCUT2D eigenvalue weighted by Crippen LogP contribution is -2.29. The largest absolute Gasteiger partial charge is 0.496 e. The SMILES string of the molecule is COC(=O)c1cc(S(=O)(=O)NCC(=O)O)ccc1OC. The topological polar surface area (TPSA) is 119 Å². The Labute approximate surface area is 115 Å². The zero-order valence-corrected chi connectivity index (χ0v) is 11.6. The van der Waals surface area contributed by atoms with E-state index >= 15 is 0 Å². The second kappa shape index (κ2) is 6.35. The third-order valence-corrected chi connectivity index (χ3v) is 3.70. The smallest absolute Gasteiger partial charge is 0.341 e. The molecule has 0 atom stereocenters. The predicted octanol–water partition coefficient (Wildman–Crippen LogP) is -0.155. The zero-order chi connectivity index (χ0) is 15.3. The van der Waals surface area contributed by atoms with Gasteiger partial charge in [-0.15, -0.1) is 0 Å². The summed E-state index contributed by atoms with van der Waals surface area (Å²) in [5.41, 5.74) is -0.0757. The summed E-state index contributed by atoms with van der Waals surface area (Å²) in [5, 5.41) is 8.47. The highest BCUT2D eigenvalue weighted by atomic mass is 32.2. The zero-order valence-electron chi connectivity index (χ0n) is 10.7. The third-order valence-electron chi connectivity index (χ3n) is 2.30. The van der Waals surface area contributed by atoms with Gasteiger partial charge in [0.2, 0.25) is 10.0 Å². The molecule has 8 nitrogen and oxygen atoms in total. The number of methoxy groups -OCH3 is 2. The van der Waals surface area contributed by atoms with Gasteiger partial charge < -0.3 is 14.6 Å². The summed E-state index contributed by atoms with van der Waals surface area (Å²) in [4.78, 5) is 21.6. The highest BCUT2D eigenvalue weighted by Gasteiger charge is 2.20. The molecule has 0 saturated heterocycles. The first-order chi connectivity index (χ1) is 9.31. The molecule has 0 aliphatic rings. The van der Waals surface area contributed by atoms with Gasteiger partial charge in [-0.3, -0.25) is 4.79 Å². The second-order valence-corrected chi connectivity index (χ2v) is 5.34. The molecule has 0 amide bonds. The van der Waals surface area contributed by atoms with E-state index < -0.39 is 28.5 Å². The van der Waals surface area contributed by atoms with Crippen molar-refractivity contribution < 1.29 is 32.6 Å². The Morgan fingerprint density at radius 1 is 1.30 bits per heavy atom. The van der Waals surface area contributed by atoms with E-state index in [1.807, 2.05) is 4.72 Å². The average Bonchev–Trinajstić information content (AvgIpc) is 2.43. The Bertz CT molecular complexity index is 624. The van der Waals surface area contributed by atoms with Crippen LogP contribution in [0.15, 0.2) is 23.1 Å². The summed E-state index contributed by atoms with van der Waals surface area (Å²) in [7, 11) is -1.58. The molecule has 1 aromatic rings. The van der Waals surface area contributed by atoms with E-state index in [2.05, 4.69) is 4.74 Å². The van der Waals surface area contributed by atoms with E-state index in [-0.39, 0.29) is 16.2 Å². The molecule has 9 heteroatoms. The molecule has 20 heavy (non-hydrogen) atoms. The minimum absolute atomic E-state index is 0.0757. The van der Waals surface area contributed by atoms with Crippen molar-refractivity contribution in [1.82, 2.24) is 4.72 Å². The number of carboxylic acids is 1. The van der Waals surface area contributed by atoms with Gasteiger partial charge in [0.1, 0.15) is 17.9 Å². The number of benzene rings is 1. The van der Waals surface area contributed by atoms with E-state index in [0.717, 1.165) is 13.2 Å². The maximum atomic E-state index is 11.8. The first kappa shape index (κ1) is 15.9. The van der Waals surface area contributed by atoms with Gasteiger partial charge in [-0.2, -0.15) is 4.72 Å². The van der Waals surface area contributed by atoms with Gasteiger partial charge >= 0.3 is 11.9 Å². The van der Waals surface area contributed by atoms with Crippen LogP contribution < -0.4 is 9.46 Å². The molecule has 0 saturated carbocycles. The number of aliphatic carboxylic acids is 1. The van der Waals surface area contributed by atoms with Crippen molar-refractivity contribution in [2.45, 2.75) is 4.90 Å². The number of carboxylic acid groups (broad SMARTS) is 1. The highest BCUT2D eigenvalue weighted by molar-refractivity contribution is 7.89. The standard InChI is InChI=1S/C11H13NO7S/c1-18-9-4-3-7(5-8(9)11(15)19-2)20(16,17)12-6-10(13)14/h3-5,12H,6H2,1-2H3,(H,13,14). The monoisotopic (exact) mass is 303 g/mol. The van der Waals surface area contributed by atoms with Crippen molar-refractivity contribution in [3.63, 3.8) is 0 Å². The number of nitrogens with one attached hydrogen (secondary N) is 1. The Morgan fingerprint density at radius 2 is 1.95 bits per heavy atom. The van der Waals surface area contributed by atoms with Crippen molar-refractivity contribution in [2.24, 2.45) is 0 Å². The van der Waals surface area contributed by atoms with Crippen LogP contribution in [0, 0.1) is 0 Å². The number of ether oxygens (including phenoxy) is 2. The van der Waals surface area contributed by atoms with Crippen LogP contribution >= 0.6 is 0 Å². The van der Waals surface area contributed by atoms with E-state index in [4.69, 9.17) is 9.84 Å². The van der Waals surface area contributed by atoms with Gasteiger partial charge in [-0.25, -0.2) is 13.2 Å². The van der Waals surface area contributed by atoms with E-state index in [9.17, 15) is 18.0 Å².